The number of amides is 1. The lowest BCUT2D eigenvalue weighted by molar-refractivity contribution is -0.120. The molecule has 0 saturated heterocycles. The van der Waals surface area contributed by atoms with Crippen molar-refractivity contribution in [3.63, 3.8) is 0 Å². The Balaban J connectivity index is 2.41. The van der Waals surface area contributed by atoms with E-state index in [1.54, 1.807) is 7.05 Å². The molecule has 20 heavy (non-hydrogen) atoms. The van der Waals surface area contributed by atoms with Gasteiger partial charge in [0, 0.05) is 25.8 Å². The summed E-state index contributed by atoms with van der Waals surface area (Å²) in [5, 5.41) is 9.56. The summed E-state index contributed by atoms with van der Waals surface area (Å²) in [5.41, 5.74) is 0. The van der Waals surface area contributed by atoms with Gasteiger partial charge in [-0.3, -0.25) is 9.48 Å². The molecule has 1 atom stereocenters. The van der Waals surface area contributed by atoms with E-state index in [2.05, 4.69) is 20.5 Å². The highest BCUT2D eigenvalue weighted by Crippen LogP contribution is 2.04. The predicted molar refractivity (Wildman–Crippen MR) is 74.5 cm³/mol. The van der Waals surface area contributed by atoms with E-state index >= 15 is 0 Å². The summed E-state index contributed by atoms with van der Waals surface area (Å²) in [4.78, 5) is 11.6. The number of rotatable bonds is 8. The van der Waals surface area contributed by atoms with Crippen LogP contribution in [0.5, 0.6) is 0 Å². The van der Waals surface area contributed by atoms with Gasteiger partial charge in [-0.05, 0) is 13.5 Å². The summed E-state index contributed by atoms with van der Waals surface area (Å²) in [5.74, 6) is -0.373. The number of aryl methyl sites for hydroxylation is 1. The second-order valence-electron chi connectivity index (χ2n) is 4.44. The van der Waals surface area contributed by atoms with Crippen LogP contribution >= 0.6 is 0 Å². The Kier molecular flexibility index (Phi) is 6.11. The molecule has 3 N–H and O–H groups in total. The van der Waals surface area contributed by atoms with Crippen LogP contribution in [0, 0.1) is 0 Å². The molecule has 1 aromatic heterocycles. The molecule has 0 aliphatic carbocycles. The second-order valence-corrected chi connectivity index (χ2v) is 6.20. The maximum atomic E-state index is 11.8. The van der Waals surface area contributed by atoms with Gasteiger partial charge in [-0.25, -0.2) is 13.1 Å². The maximum absolute atomic E-state index is 11.8. The van der Waals surface area contributed by atoms with Gasteiger partial charge in [0.15, 0.2) is 0 Å². The summed E-state index contributed by atoms with van der Waals surface area (Å²) in [6, 6.07) is 0.138. The van der Waals surface area contributed by atoms with E-state index in [1.165, 1.54) is 17.1 Å². The minimum absolute atomic E-state index is 0.0359. The van der Waals surface area contributed by atoms with Gasteiger partial charge in [-0.15, -0.1) is 0 Å². The number of hydrogen-bond donors (Lipinski definition) is 3. The minimum atomic E-state index is -3.69. The molecule has 8 nitrogen and oxygen atoms in total. The van der Waals surface area contributed by atoms with Crippen LogP contribution < -0.4 is 15.4 Å². The van der Waals surface area contributed by atoms with Crippen molar-refractivity contribution in [2.75, 3.05) is 19.6 Å². The lowest BCUT2D eigenvalue weighted by atomic mass is 10.3. The molecular weight excluding hydrogens is 282 g/mol. The van der Waals surface area contributed by atoms with E-state index in [-0.39, 0.29) is 23.4 Å². The van der Waals surface area contributed by atoms with Crippen LogP contribution in [0.4, 0.5) is 0 Å². The number of carbonyl (C=O) groups excluding carboxylic acids is 1. The Morgan fingerprint density at radius 3 is 2.75 bits per heavy atom. The highest BCUT2D eigenvalue weighted by atomic mass is 32.2. The molecule has 9 heteroatoms. The van der Waals surface area contributed by atoms with Crippen LogP contribution in [0.15, 0.2) is 17.3 Å². The van der Waals surface area contributed by atoms with E-state index in [4.69, 9.17) is 0 Å². The van der Waals surface area contributed by atoms with Crippen LogP contribution in [0.2, 0.25) is 0 Å². The van der Waals surface area contributed by atoms with E-state index in [0.29, 0.717) is 6.54 Å². The summed E-state index contributed by atoms with van der Waals surface area (Å²) < 4.78 is 27.3. The van der Waals surface area contributed by atoms with E-state index in [0.717, 1.165) is 6.54 Å². The molecule has 1 aromatic rings. The van der Waals surface area contributed by atoms with Crippen molar-refractivity contribution in [3.05, 3.63) is 12.4 Å². The fourth-order valence-electron chi connectivity index (χ4n) is 1.53. The summed E-state index contributed by atoms with van der Waals surface area (Å²) >= 11 is 0. The van der Waals surface area contributed by atoms with Crippen LogP contribution in [-0.2, 0) is 21.9 Å². The predicted octanol–water partition coefficient (Wildman–Crippen LogP) is -1.19. The van der Waals surface area contributed by atoms with Gasteiger partial charge in [0.1, 0.15) is 4.90 Å². The standard InChI is InChI=1S/C11H21N5O3S/c1-4-12-9(2)5-13-11(17)7-15-20(18,19)10-6-14-16(3)8-10/h6,8-9,12,15H,4-5,7H2,1-3H3,(H,13,17)/t9-/m1/s1. The number of sulfonamides is 1. The first-order valence-electron chi connectivity index (χ1n) is 6.33. The Hall–Kier alpha value is -1.45. The molecule has 0 aliphatic heterocycles. The molecule has 0 aliphatic rings. The molecule has 0 radical (unpaired) electrons. The molecule has 0 aromatic carbocycles. The Morgan fingerprint density at radius 2 is 2.20 bits per heavy atom. The first kappa shape index (κ1) is 16.6. The third-order valence-electron chi connectivity index (χ3n) is 2.57. The van der Waals surface area contributed by atoms with Gasteiger partial charge in [0.05, 0.1) is 12.7 Å². The number of hydrogen-bond acceptors (Lipinski definition) is 5. The number of aromatic nitrogens is 2. The van der Waals surface area contributed by atoms with E-state index in [9.17, 15) is 13.2 Å². The average molecular weight is 303 g/mol. The van der Waals surface area contributed by atoms with Crippen LogP contribution in [0.25, 0.3) is 0 Å². The van der Waals surface area contributed by atoms with E-state index in [1.807, 2.05) is 13.8 Å². The van der Waals surface area contributed by atoms with Crippen molar-refractivity contribution in [3.8, 4) is 0 Å². The summed E-state index contributed by atoms with van der Waals surface area (Å²) in [6.07, 6.45) is 2.60. The average Bonchev–Trinajstić information content (AvgIpc) is 2.82. The molecule has 0 saturated carbocycles. The first-order chi connectivity index (χ1) is 9.35. The Morgan fingerprint density at radius 1 is 1.50 bits per heavy atom. The van der Waals surface area contributed by atoms with Crippen LogP contribution in [0.3, 0.4) is 0 Å². The zero-order valence-electron chi connectivity index (χ0n) is 11.9. The molecule has 1 heterocycles. The topological polar surface area (TPSA) is 105 Å². The summed E-state index contributed by atoms with van der Waals surface area (Å²) in [6.45, 7) is 4.87. The molecule has 0 spiro atoms. The van der Waals surface area contributed by atoms with Crippen molar-refractivity contribution in [2.45, 2.75) is 24.8 Å². The van der Waals surface area contributed by atoms with Gasteiger partial charge < -0.3 is 10.6 Å². The third kappa shape index (κ3) is 5.27. The highest BCUT2D eigenvalue weighted by Gasteiger charge is 2.17. The minimum Gasteiger partial charge on any atom is -0.353 e. The molecular formula is C11H21N5O3S. The molecule has 114 valence electrons. The fraction of sp³-hybridized carbons (Fsp3) is 0.636. The second kappa shape index (κ2) is 7.36. The lowest BCUT2D eigenvalue weighted by Crippen LogP contribution is -2.43. The quantitative estimate of drug-likeness (QED) is 0.560. The van der Waals surface area contributed by atoms with Gasteiger partial charge in [0.2, 0.25) is 15.9 Å². The Labute approximate surface area is 119 Å². The zero-order valence-corrected chi connectivity index (χ0v) is 12.7. The maximum Gasteiger partial charge on any atom is 0.244 e. The monoisotopic (exact) mass is 303 g/mol. The lowest BCUT2D eigenvalue weighted by Gasteiger charge is -2.13. The molecule has 0 fully saturated rings. The van der Waals surface area contributed by atoms with Crippen molar-refractivity contribution >= 4 is 15.9 Å². The van der Waals surface area contributed by atoms with Crippen molar-refractivity contribution in [1.29, 1.82) is 0 Å². The van der Waals surface area contributed by atoms with Gasteiger partial charge >= 0.3 is 0 Å². The SMILES string of the molecule is CCN[C@H](C)CNC(=O)CNS(=O)(=O)c1cnn(C)c1. The van der Waals surface area contributed by atoms with Crippen LogP contribution in [-0.4, -0.2) is 49.8 Å². The molecule has 1 rings (SSSR count). The first-order valence-corrected chi connectivity index (χ1v) is 7.82. The zero-order chi connectivity index (χ0) is 15.2. The largest absolute Gasteiger partial charge is 0.353 e. The molecule has 0 unspecified atom stereocenters. The molecule has 1 amide bonds. The normalized spacial score (nSPS) is 13.2. The number of carbonyl (C=O) groups is 1. The fourth-order valence-corrected chi connectivity index (χ4v) is 2.50. The van der Waals surface area contributed by atoms with Gasteiger partial charge in [0.25, 0.3) is 0 Å². The highest BCUT2D eigenvalue weighted by molar-refractivity contribution is 7.89. The number of nitrogens with one attached hydrogen (secondary N) is 3. The van der Waals surface area contributed by atoms with Crippen LogP contribution in [0.1, 0.15) is 13.8 Å². The Bertz CT molecular complexity index is 540. The van der Waals surface area contributed by atoms with Gasteiger partial charge in [-0.2, -0.15) is 5.10 Å². The number of nitrogens with zero attached hydrogens (tertiary/aromatic N) is 2. The third-order valence-corrected chi connectivity index (χ3v) is 3.93. The number of likely N-dealkylation sites (N-methyl/N-ethyl adjacent to an activating group) is 1. The van der Waals surface area contributed by atoms with Crippen molar-refractivity contribution in [2.24, 2.45) is 7.05 Å². The van der Waals surface area contributed by atoms with Gasteiger partial charge in [-0.1, -0.05) is 6.92 Å². The van der Waals surface area contributed by atoms with Crippen molar-refractivity contribution < 1.29 is 13.2 Å². The smallest absolute Gasteiger partial charge is 0.244 e. The van der Waals surface area contributed by atoms with E-state index < -0.39 is 10.0 Å². The summed E-state index contributed by atoms with van der Waals surface area (Å²) in [7, 11) is -2.07. The van der Waals surface area contributed by atoms with Crippen molar-refractivity contribution in [1.82, 2.24) is 25.1 Å². The molecule has 0 bridgehead atoms.